The van der Waals surface area contributed by atoms with Crippen molar-refractivity contribution in [2.24, 2.45) is 0 Å². The molecule has 8 heteroatoms. The fourth-order valence-electron chi connectivity index (χ4n) is 3.91. The van der Waals surface area contributed by atoms with Crippen molar-refractivity contribution in [1.29, 1.82) is 0 Å². The molecule has 0 amide bonds. The predicted octanol–water partition coefficient (Wildman–Crippen LogP) is 7.77. The third kappa shape index (κ3) is 6.09. The van der Waals surface area contributed by atoms with E-state index in [0.717, 1.165) is 30.4 Å². The van der Waals surface area contributed by atoms with Gasteiger partial charge in [-0.1, -0.05) is 74.6 Å². The van der Waals surface area contributed by atoms with Crippen molar-refractivity contribution < 1.29 is 31.4 Å². The zero-order valence-corrected chi connectivity index (χ0v) is 21.9. The molecule has 2 aromatic rings. The average Bonchev–Trinajstić information content (AvgIpc) is 2.77. The first kappa shape index (κ1) is 28.5. The molecule has 2 nitrogen and oxygen atoms in total. The summed E-state index contributed by atoms with van der Waals surface area (Å²) in [5, 5.41) is -1.73. The van der Waals surface area contributed by atoms with Crippen LogP contribution in [0, 0.1) is 36.0 Å². The largest absolute Gasteiger partial charge is 0.467 e. The van der Waals surface area contributed by atoms with Gasteiger partial charge in [0.15, 0.2) is 30.1 Å². The van der Waals surface area contributed by atoms with Gasteiger partial charge in [0.2, 0.25) is 5.82 Å². The minimum Gasteiger partial charge on any atom is -0.467 e. The van der Waals surface area contributed by atoms with Crippen molar-refractivity contribution in [3.8, 4) is 5.75 Å². The van der Waals surface area contributed by atoms with E-state index in [0.29, 0.717) is 17.7 Å². The fourth-order valence-corrected chi connectivity index (χ4v) is 5.52. The first-order chi connectivity index (χ1) is 15.8. The van der Waals surface area contributed by atoms with E-state index in [-0.39, 0.29) is 12.2 Å². The quantitative estimate of drug-likeness (QED) is 0.0822. The van der Waals surface area contributed by atoms with Crippen molar-refractivity contribution in [2.75, 3.05) is 13.9 Å². The van der Waals surface area contributed by atoms with Gasteiger partial charge in [0.1, 0.15) is 5.75 Å². The Balaban J connectivity index is 2.79. The van der Waals surface area contributed by atoms with Crippen molar-refractivity contribution >= 4 is 13.9 Å². The number of hydrogen-bond acceptors (Lipinski definition) is 2. The topological polar surface area (TPSA) is 18.5 Å². The Morgan fingerprint density at radius 3 is 1.91 bits per heavy atom. The van der Waals surface area contributed by atoms with Crippen LogP contribution in [0.5, 0.6) is 5.75 Å². The maximum atomic E-state index is 14.7. The minimum atomic E-state index is -2.15. The van der Waals surface area contributed by atoms with E-state index in [1.54, 1.807) is 6.92 Å². The summed E-state index contributed by atoms with van der Waals surface area (Å²) in [7, 11) is 0.766. The standard InChI is InChI=1S/C26H34F5O2P/c1-8-9-10-11-26(6,34-24-21(30)19(28)18(27)20(29)22(24)31)17-13-16(25(3,4)5)12-15(2)23(17)33-14-32-7/h12-13,34H,8-11,14H2,1-7H3. The van der Waals surface area contributed by atoms with Crippen molar-refractivity contribution in [3.05, 3.63) is 57.9 Å². The second-order valence-corrected chi connectivity index (χ2v) is 11.7. The van der Waals surface area contributed by atoms with Gasteiger partial charge in [-0.2, -0.15) is 0 Å². The molecule has 2 rings (SSSR count). The van der Waals surface area contributed by atoms with Crippen molar-refractivity contribution in [3.63, 3.8) is 0 Å². The molecule has 0 N–H and O–H groups in total. The van der Waals surface area contributed by atoms with Crippen LogP contribution < -0.4 is 10.0 Å². The Labute approximate surface area is 201 Å². The number of ether oxygens (including phenoxy) is 2. The second-order valence-electron chi connectivity index (χ2n) is 9.83. The predicted molar refractivity (Wildman–Crippen MR) is 128 cm³/mol. The van der Waals surface area contributed by atoms with Crippen LogP contribution in [0.1, 0.15) is 77.0 Å². The minimum absolute atomic E-state index is 0.0423. The Bertz CT molecular complexity index is 990. The monoisotopic (exact) mass is 504 g/mol. The van der Waals surface area contributed by atoms with E-state index < -0.39 is 48.1 Å². The van der Waals surface area contributed by atoms with Crippen LogP contribution in [-0.2, 0) is 15.3 Å². The Morgan fingerprint density at radius 2 is 1.41 bits per heavy atom. The van der Waals surface area contributed by atoms with E-state index in [1.165, 1.54) is 7.11 Å². The molecule has 0 heterocycles. The molecule has 0 spiro atoms. The third-order valence-corrected chi connectivity index (χ3v) is 7.71. The molecule has 0 saturated heterocycles. The number of hydrogen-bond donors (Lipinski definition) is 0. The van der Waals surface area contributed by atoms with Gasteiger partial charge in [-0.25, -0.2) is 22.0 Å². The molecule has 0 bridgehead atoms. The van der Waals surface area contributed by atoms with E-state index in [4.69, 9.17) is 9.47 Å². The van der Waals surface area contributed by atoms with E-state index >= 15 is 0 Å². The molecule has 0 fully saturated rings. The SMILES string of the molecule is CCCCCC(C)(Pc1c(F)c(F)c(F)c(F)c1F)c1cc(C(C)(C)C)cc(C)c1OCOC. The van der Waals surface area contributed by atoms with Gasteiger partial charge in [0.05, 0.1) is 5.30 Å². The van der Waals surface area contributed by atoms with Crippen molar-refractivity contribution in [1.82, 2.24) is 0 Å². The molecule has 0 aromatic heterocycles. The van der Waals surface area contributed by atoms with Gasteiger partial charge in [-0.15, -0.1) is 0 Å². The number of halogens is 5. The van der Waals surface area contributed by atoms with Crippen LogP contribution in [-0.4, -0.2) is 13.9 Å². The highest BCUT2D eigenvalue weighted by atomic mass is 31.1. The molecule has 0 saturated carbocycles. The van der Waals surface area contributed by atoms with Crippen LogP contribution in [0.4, 0.5) is 22.0 Å². The Morgan fingerprint density at radius 1 is 0.853 bits per heavy atom. The molecule has 190 valence electrons. The molecule has 0 radical (unpaired) electrons. The van der Waals surface area contributed by atoms with Crippen LogP contribution in [0.15, 0.2) is 12.1 Å². The van der Waals surface area contributed by atoms with E-state index in [9.17, 15) is 22.0 Å². The van der Waals surface area contributed by atoms with Gasteiger partial charge < -0.3 is 9.47 Å². The zero-order valence-electron chi connectivity index (χ0n) is 20.9. The van der Waals surface area contributed by atoms with Crippen LogP contribution in [0.2, 0.25) is 0 Å². The molecule has 0 aliphatic carbocycles. The van der Waals surface area contributed by atoms with E-state index in [1.807, 2.05) is 46.8 Å². The molecular formula is C26H34F5O2P. The summed E-state index contributed by atoms with van der Waals surface area (Å²) in [4.78, 5) is 0. The van der Waals surface area contributed by atoms with Crippen LogP contribution in [0.3, 0.4) is 0 Å². The van der Waals surface area contributed by atoms with Crippen molar-refractivity contribution in [2.45, 2.75) is 77.8 Å². The van der Waals surface area contributed by atoms with Gasteiger partial charge in [-0.05, 0) is 29.9 Å². The van der Waals surface area contributed by atoms with Crippen LogP contribution in [0.25, 0.3) is 0 Å². The smallest absolute Gasteiger partial charge is 0.200 e. The molecule has 2 aromatic carbocycles. The Kier molecular flexibility index (Phi) is 9.52. The lowest BCUT2D eigenvalue weighted by Gasteiger charge is -2.35. The summed E-state index contributed by atoms with van der Waals surface area (Å²) in [6.07, 6.45) is 2.98. The summed E-state index contributed by atoms with van der Waals surface area (Å²) in [6.45, 7) is 11.8. The number of methoxy groups -OCH3 is 1. The zero-order chi connectivity index (χ0) is 25.8. The summed E-state index contributed by atoms with van der Waals surface area (Å²) < 4.78 is 82.1. The number of benzene rings is 2. The number of rotatable bonds is 10. The van der Waals surface area contributed by atoms with Crippen LogP contribution >= 0.6 is 8.58 Å². The van der Waals surface area contributed by atoms with Gasteiger partial charge in [-0.3, -0.25) is 0 Å². The van der Waals surface area contributed by atoms with Gasteiger partial charge in [0.25, 0.3) is 0 Å². The highest BCUT2D eigenvalue weighted by Crippen LogP contribution is 2.51. The number of aryl methyl sites for hydroxylation is 1. The maximum Gasteiger partial charge on any atom is 0.200 e. The molecule has 0 aliphatic heterocycles. The Hall–Kier alpha value is -1.72. The third-order valence-electron chi connectivity index (χ3n) is 5.95. The number of unbranched alkanes of at least 4 members (excludes halogenated alkanes) is 2. The molecule has 0 aliphatic rings. The molecular weight excluding hydrogens is 470 g/mol. The normalized spacial score (nSPS) is 14.1. The fraction of sp³-hybridized carbons (Fsp3) is 0.538. The summed E-state index contributed by atoms with van der Waals surface area (Å²) >= 11 is 0. The molecule has 34 heavy (non-hydrogen) atoms. The summed E-state index contributed by atoms with van der Waals surface area (Å²) in [5.74, 6) is -9.05. The highest BCUT2D eigenvalue weighted by Gasteiger charge is 2.36. The lowest BCUT2D eigenvalue weighted by Crippen LogP contribution is -2.27. The maximum absolute atomic E-state index is 14.7. The van der Waals surface area contributed by atoms with Gasteiger partial charge in [0, 0.05) is 17.8 Å². The second kappa shape index (κ2) is 11.3. The highest BCUT2D eigenvalue weighted by molar-refractivity contribution is 7.48. The summed E-state index contributed by atoms with van der Waals surface area (Å²) in [6, 6.07) is 3.92. The van der Waals surface area contributed by atoms with Gasteiger partial charge >= 0.3 is 0 Å². The first-order valence-electron chi connectivity index (χ1n) is 11.3. The first-order valence-corrected chi connectivity index (χ1v) is 12.3. The summed E-state index contributed by atoms with van der Waals surface area (Å²) in [5.41, 5.74) is 2.22. The lowest BCUT2D eigenvalue weighted by atomic mass is 9.82. The average molecular weight is 505 g/mol. The molecule has 2 atom stereocenters. The lowest BCUT2D eigenvalue weighted by molar-refractivity contribution is 0.0494. The van der Waals surface area contributed by atoms with E-state index in [2.05, 4.69) is 0 Å². The molecule has 2 unspecified atom stereocenters.